The van der Waals surface area contributed by atoms with Gasteiger partial charge in [0.2, 0.25) is 6.20 Å². The molecular weight excluding hydrogens is 1060 g/mol. The molecule has 0 aliphatic heterocycles. The summed E-state index contributed by atoms with van der Waals surface area (Å²) in [6.45, 7) is 4.82. The molecule has 74 heavy (non-hydrogen) atoms. The molecule has 5 aromatic carbocycles. The third kappa shape index (κ3) is 13.9. The van der Waals surface area contributed by atoms with Crippen molar-refractivity contribution in [3.63, 3.8) is 0 Å². The summed E-state index contributed by atoms with van der Waals surface area (Å²) < 4.78 is 348. The molecule has 0 unspecified atom stereocenters. The van der Waals surface area contributed by atoms with E-state index in [1.165, 1.54) is 5.56 Å². The second-order valence-electron chi connectivity index (χ2n) is 16.4. The standard InChI is InChI=1S/C32H12BF24.C14H17N2O/c34-25(35,36)13-1-14(26(37,38)39)6-21(5-13)33(22-7-15(27(40,41)42)2-16(8-22)28(43,44)45,23-9-17(29(46,47)48)3-18(10-23)30(49,50)51)24-11-19(31(52,53)54)4-20(12-24)32(55,56)57;1-12(2)17-14-11-16(9-8-15-14)10-13-6-4-3-5-7-13/h1-12H;3-9,11-12H,10H2,1-2H3/q-1;+1. The van der Waals surface area contributed by atoms with Gasteiger partial charge in [-0.3, -0.25) is 0 Å². The highest BCUT2D eigenvalue weighted by molar-refractivity contribution is 7.20. The number of aromatic nitrogens is 2. The van der Waals surface area contributed by atoms with Gasteiger partial charge in [0.1, 0.15) is 6.15 Å². The lowest BCUT2D eigenvalue weighted by Crippen LogP contribution is -2.75. The summed E-state index contributed by atoms with van der Waals surface area (Å²) in [5.41, 5.74) is -28.9. The van der Waals surface area contributed by atoms with Gasteiger partial charge in [0.25, 0.3) is 5.88 Å². The van der Waals surface area contributed by atoms with Crippen molar-refractivity contribution < 1.29 is 115 Å². The lowest BCUT2D eigenvalue weighted by atomic mass is 9.12. The van der Waals surface area contributed by atoms with E-state index in [0.29, 0.717) is 5.88 Å². The lowest BCUT2D eigenvalue weighted by molar-refractivity contribution is -0.689. The van der Waals surface area contributed by atoms with Crippen molar-refractivity contribution in [1.82, 2.24) is 4.98 Å². The molecule has 0 radical (unpaired) electrons. The molecule has 3 nitrogen and oxygen atoms in total. The molecule has 1 heterocycles. The first-order valence-corrected chi connectivity index (χ1v) is 20.4. The van der Waals surface area contributed by atoms with Gasteiger partial charge < -0.3 is 4.74 Å². The normalized spacial score (nSPS) is 13.4. The van der Waals surface area contributed by atoms with Gasteiger partial charge in [-0.05, 0) is 38.1 Å². The predicted octanol–water partition coefficient (Wildman–Crippen LogP) is 13.4. The van der Waals surface area contributed by atoms with E-state index in [1.807, 2.05) is 44.4 Å². The zero-order valence-electron chi connectivity index (χ0n) is 36.8. The number of alkyl halides is 24. The summed E-state index contributed by atoms with van der Waals surface area (Å²) in [5.74, 6) is 0.665. The minimum atomic E-state index is -6.13. The van der Waals surface area contributed by atoms with Gasteiger partial charge in [-0.25, -0.2) is 4.98 Å². The maximum Gasteiger partial charge on any atom is 0.416 e. The number of nitrogens with zero attached hydrogens (tertiary/aromatic N) is 2. The molecular formula is C46H29BF24N2O. The third-order valence-corrected chi connectivity index (χ3v) is 10.7. The first-order valence-electron chi connectivity index (χ1n) is 20.4. The molecule has 0 saturated heterocycles. The van der Waals surface area contributed by atoms with Crippen LogP contribution in [-0.4, -0.2) is 17.2 Å². The average Bonchev–Trinajstić information content (AvgIpc) is 3.24. The Bertz CT molecular complexity index is 2490. The Morgan fingerprint density at radius 3 is 0.892 bits per heavy atom. The van der Waals surface area contributed by atoms with E-state index in [9.17, 15) is 105 Å². The fraction of sp³-hybridized carbons (Fsp3) is 0.261. The Hall–Kier alpha value is -6.64. The molecule has 6 rings (SSSR count). The molecule has 0 fully saturated rings. The van der Waals surface area contributed by atoms with Crippen molar-refractivity contribution in [2.24, 2.45) is 0 Å². The quantitative estimate of drug-likeness (QED) is 0.0862. The minimum absolute atomic E-state index is 0.148. The fourth-order valence-electron chi connectivity index (χ4n) is 7.68. The Kier molecular flexibility index (Phi) is 15.9. The summed E-state index contributed by atoms with van der Waals surface area (Å²) >= 11 is 0. The van der Waals surface area contributed by atoms with Crippen molar-refractivity contribution in [1.29, 1.82) is 0 Å². The molecule has 0 atom stereocenters. The topological polar surface area (TPSA) is 26.0 Å². The summed E-state index contributed by atoms with van der Waals surface area (Å²) in [5, 5.41) is 0. The van der Waals surface area contributed by atoms with Crippen LogP contribution in [0.15, 0.2) is 122 Å². The van der Waals surface area contributed by atoms with Crippen molar-refractivity contribution in [2.45, 2.75) is 75.9 Å². The maximum atomic E-state index is 14.2. The summed E-state index contributed by atoms with van der Waals surface area (Å²) in [7, 11) is 0. The van der Waals surface area contributed by atoms with Gasteiger partial charge in [-0.1, -0.05) is 78.9 Å². The first-order chi connectivity index (χ1) is 33.5. The number of benzene rings is 5. The molecule has 400 valence electrons. The Morgan fingerprint density at radius 2 is 0.662 bits per heavy atom. The monoisotopic (exact) mass is 1090 g/mol. The van der Waals surface area contributed by atoms with Gasteiger partial charge in [0.15, 0.2) is 12.7 Å². The Balaban J connectivity index is 0.000000500. The molecule has 28 heteroatoms. The second-order valence-corrected chi connectivity index (χ2v) is 16.4. The lowest BCUT2D eigenvalue weighted by Gasteiger charge is -2.46. The molecule has 6 aromatic rings. The summed E-state index contributed by atoms with van der Waals surface area (Å²) in [4.78, 5) is 4.18. The van der Waals surface area contributed by atoms with Gasteiger partial charge in [0.05, 0.1) is 56.8 Å². The Labute approximate surface area is 400 Å². The van der Waals surface area contributed by atoms with Crippen molar-refractivity contribution in [2.75, 3.05) is 0 Å². The molecule has 0 spiro atoms. The fourth-order valence-corrected chi connectivity index (χ4v) is 7.68. The SMILES string of the molecule is CC(C)Oc1c[n+](Cc2ccccc2)ccn1.FC(F)(F)c1cc([B-](c2cc(C(F)(F)F)cc(C(F)(F)F)c2)(c2cc(C(F)(F)F)cc(C(F)(F)F)c2)c2cc(C(F)(F)F)cc(C(F)(F)F)c2)cc(C(F)(F)F)c1. The number of hydrogen-bond acceptors (Lipinski definition) is 2. The number of rotatable bonds is 8. The highest BCUT2D eigenvalue weighted by Gasteiger charge is 2.47. The number of halogens is 24. The van der Waals surface area contributed by atoms with Gasteiger partial charge in [0, 0.05) is 5.56 Å². The molecule has 1 aromatic heterocycles. The zero-order valence-corrected chi connectivity index (χ0v) is 36.8. The molecule has 0 bridgehead atoms. The van der Waals surface area contributed by atoms with E-state index in [-0.39, 0.29) is 6.10 Å². The molecule has 0 aliphatic carbocycles. The van der Waals surface area contributed by atoms with Crippen LogP contribution in [0.25, 0.3) is 0 Å². The van der Waals surface area contributed by atoms with E-state index in [0.717, 1.165) is 6.54 Å². The number of ether oxygens (including phenoxy) is 1. The van der Waals surface area contributed by atoms with Crippen LogP contribution in [-0.2, 0) is 56.0 Å². The highest BCUT2D eigenvalue weighted by Crippen LogP contribution is 2.41. The van der Waals surface area contributed by atoms with Crippen LogP contribution in [0.3, 0.4) is 0 Å². The van der Waals surface area contributed by atoms with Crippen LogP contribution in [0.2, 0.25) is 0 Å². The highest BCUT2D eigenvalue weighted by atomic mass is 19.4. The largest absolute Gasteiger partial charge is 0.471 e. The Morgan fingerprint density at radius 1 is 0.405 bits per heavy atom. The molecule has 0 N–H and O–H groups in total. The molecule has 0 saturated carbocycles. The predicted molar refractivity (Wildman–Crippen MR) is 216 cm³/mol. The first kappa shape index (κ1) is 58.3. The summed E-state index contributed by atoms with van der Waals surface area (Å²) in [6.07, 6.45) is -49.0. The van der Waals surface area contributed by atoms with Gasteiger partial charge in [-0.15, -0.1) is 0 Å². The smallest absolute Gasteiger partial charge is 0.416 e. The van der Waals surface area contributed by atoms with Crippen molar-refractivity contribution in [3.8, 4) is 5.88 Å². The molecule has 0 aliphatic rings. The van der Waals surface area contributed by atoms with Crippen molar-refractivity contribution >= 4 is 28.0 Å². The average molecular weight is 1090 g/mol. The van der Waals surface area contributed by atoms with E-state index < -0.39 is 195 Å². The van der Waals surface area contributed by atoms with Gasteiger partial charge in [-0.2, -0.15) is 132 Å². The van der Waals surface area contributed by atoms with Crippen LogP contribution >= 0.6 is 0 Å². The van der Waals surface area contributed by atoms with Crippen LogP contribution in [0, 0.1) is 0 Å². The molecule has 0 amide bonds. The third-order valence-electron chi connectivity index (χ3n) is 10.7. The van der Waals surface area contributed by atoms with Crippen LogP contribution in [0.5, 0.6) is 5.88 Å². The van der Waals surface area contributed by atoms with E-state index in [4.69, 9.17) is 4.74 Å². The van der Waals surface area contributed by atoms with E-state index in [1.54, 1.807) is 6.20 Å². The van der Waals surface area contributed by atoms with Crippen LogP contribution < -0.4 is 31.2 Å². The minimum Gasteiger partial charge on any atom is -0.471 e. The van der Waals surface area contributed by atoms with E-state index in [2.05, 4.69) is 21.7 Å². The number of hydrogen-bond donors (Lipinski definition) is 0. The van der Waals surface area contributed by atoms with Crippen molar-refractivity contribution in [3.05, 3.63) is 172 Å². The maximum absolute atomic E-state index is 14.2. The van der Waals surface area contributed by atoms with E-state index >= 15 is 0 Å². The van der Waals surface area contributed by atoms with Crippen LogP contribution in [0.4, 0.5) is 105 Å². The second kappa shape index (κ2) is 20.2. The van der Waals surface area contributed by atoms with Gasteiger partial charge >= 0.3 is 49.4 Å². The zero-order chi connectivity index (χ0) is 56.0. The summed E-state index contributed by atoms with van der Waals surface area (Å²) in [6, 6.07) is 1.52. The van der Waals surface area contributed by atoms with Crippen LogP contribution in [0.1, 0.15) is 63.9 Å².